The summed E-state index contributed by atoms with van der Waals surface area (Å²) < 4.78 is 23.2. The van der Waals surface area contributed by atoms with Crippen molar-refractivity contribution in [2.75, 3.05) is 17.6 Å². The van der Waals surface area contributed by atoms with Gasteiger partial charge in [0.15, 0.2) is 12.1 Å². The van der Waals surface area contributed by atoms with Gasteiger partial charge in [0, 0.05) is 19.4 Å². The molecule has 76 valence electrons. The van der Waals surface area contributed by atoms with Crippen LogP contribution in [0.5, 0.6) is 0 Å². The van der Waals surface area contributed by atoms with Crippen LogP contribution in [0.15, 0.2) is 12.4 Å². The van der Waals surface area contributed by atoms with E-state index in [-0.39, 0.29) is 11.5 Å². The largest absolute Gasteiger partial charge is 0.296 e. The van der Waals surface area contributed by atoms with Gasteiger partial charge in [-0.1, -0.05) is 0 Å². The lowest BCUT2D eigenvalue weighted by Crippen LogP contribution is -2.27. The highest BCUT2D eigenvalue weighted by Crippen LogP contribution is 2.13. The highest BCUT2D eigenvalue weighted by atomic mass is 32.2. The molecule has 6 nitrogen and oxygen atoms in total. The van der Waals surface area contributed by atoms with E-state index in [0.29, 0.717) is 6.29 Å². The first kappa shape index (κ1) is 10.6. The van der Waals surface area contributed by atoms with Crippen molar-refractivity contribution in [2.45, 2.75) is 0 Å². The van der Waals surface area contributed by atoms with Crippen LogP contribution in [0.4, 0.5) is 5.82 Å². The zero-order valence-corrected chi connectivity index (χ0v) is 8.52. The van der Waals surface area contributed by atoms with E-state index in [9.17, 15) is 13.2 Å². The summed E-state index contributed by atoms with van der Waals surface area (Å²) in [5.74, 6) is 0.0324. The molecule has 0 fully saturated rings. The maximum atomic E-state index is 11.1. The first-order valence-corrected chi connectivity index (χ1v) is 5.51. The van der Waals surface area contributed by atoms with Crippen molar-refractivity contribution in [3.63, 3.8) is 0 Å². The van der Waals surface area contributed by atoms with E-state index in [2.05, 4.69) is 9.97 Å². The van der Waals surface area contributed by atoms with Crippen LogP contribution in [0.3, 0.4) is 0 Å². The number of nitrogens with zero attached hydrogens (tertiary/aromatic N) is 3. The van der Waals surface area contributed by atoms with Gasteiger partial charge in [0.05, 0.1) is 6.26 Å². The number of aldehydes is 1. The molecule has 1 heterocycles. The van der Waals surface area contributed by atoms with E-state index >= 15 is 0 Å². The fourth-order valence-corrected chi connectivity index (χ4v) is 1.28. The maximum Gasteiger partial charge on any atom is 0.233 e. The monoisotopic (exact) mass is 215 g/mol. The quantitative estimate of drug-likeness (QED) is 0.646. The van der Waals surface area contributed by atoms with Gasteiger partial charge in [0.1, 0.15) is 5.69 Å². The molecular formula is C7H9N3O3S. The van der Waals surface area contributed by atoms with Crippen LogP contribution in [-0.4, -0.2) is 38.0 Å². The Morgan fingerprint density at radius 3 is 2.43 bits per heavy atom. The summed E-state index contributed by atoms with van der Waals surface area (Å²) in [6.45, 7) is 0. The molecule has 0 amide bonds. The molecule has 0 atom stereocenters. The molecular weight excluding hydrogens is 206 g/mol. The summed E-state index contributed by atoms with van der Waals surface area (Å²) in [7, 11) is -2.10. The summed E-state index contributed by atoms with van der Waals surface area (Å²) in [5, 5.41) is 0. The molecule has 14 heavy (non-hydrogen) atoms. The van der Waals surface area contributed by atoms with Gasteiger partial charge in [-0.15, -0.1) is 0 Å². The van der Waals surface area contributed by atoms with Crippen molar-refractivity contribution in [3.8, 4) is 0 Å². The molecule has 7 heteroatoms. The van der Waals surface area contributed by atoms with E-state index < -0.39 is 10.0 Å². The number of aromatic nitrogens is 2. The second-order valence-electron chi connectivity index (χ2n) is 2.61. The minimum Gasteiger partial charge on any atom is -0.296 e. The molecule has 0 aliphatic heterocycles. The molecule has 0 aliphatic rings. The summed E-state index contributed by atoms with van der Waals surface area (Å²) in [6.07, 6.45) is 4.13. The third-order valence-electron chi connectivity index (χ3n) is 1.61. The van der Waals surface area contributed by atoms with Gasteiger partial charge in [0.2, 0.25) is 10.0 Å². The number of sulfonamides is 1. The molecule has 1 aromatic rings. The molecule has 1 aromatic heterocycles. The standard InChI is InChI=1S/C7H9N3O3S/c1-10(14(2,12)13)7-6(5-11)8-3-4-9-7/h3-5H,1-2H3. The Hall–Kier alpha value is -1.50. The van der Waals surface area contributed by atoms with Crippen LogP contribution >= 0.6 is 0 Å². The Morgan fingerprint density at radius 2 is 1.93 bits per heavy atom. The molecule has 0 unspecified atom stereocenters. The number of carbonyl (C=O) groups is 1. The van der Waals surface area contributed by atoms with Crippen molar-refractivity contribution in [1.82, 2.24) is 9.97 Å². The normalized spacial score (nSPS) is 11.0. The number of anilines is 1. The molecule has 0 radical (unpaired) electrons. The smallest absolute Gasteiger partial charge is 0.233 e. The SMILES string of the molecule is CN(c1nccnc1C=O)S(C)(=O)=O. The Balaban J connectivity index is 3.26. The fourth-order valence-electron chi connectivity index (χ4n) is 0.824. The Morgan fingerprint density at radius 1 is 1.36 bits per heavy atom. The minimum atomic E-state index is -3.42. The zero-order valence-electron chi connectivity index (χ0n) is 7.71. The summed E-state index contributed by atoms with van der Waals surface area (Å²) in [4.78, 5) is 18.0. The highest BCUT2D eigenvalue weighted by molar-refractivity contribution is 7.92. The molecule has 0 aliphatic carbocycles. The van der Waals surface area contributed by atoms with Crippen LogP contribution in [-0.2, 0) is 10.0 Å². The molecule has 0 saturated heterocycles. The number of hydrogen-bond donors (Lipinski definition) is 0. The first-order chi connectivity index (χ1) is 6.46. The van der Waals surface area contributed by atoms with Gasteiger partial charge in [-0.3, -0.25) is 9.10 Å². The zero-order chi connectivity index (χ0) is 10.8. The highest BCUT2D eigenvalue weighted by Gasteiger charge is 2.17. The van der Waals surface area contributed by atoms with Gasteiger partial charge in [-0.25, -0.2) is 18.4 Å². The van der Waals surface area contributed by atoms with Gasteiger partial charge in [-0.2, -0.15) is 0 Å². The van der Waals surface area contributed by atoms with E-state index in [4.69, 9.17) is 0 Å². The van der Waals surface area contributed by atoms with E-state index in [0.717, 1.165) is 10.6 Å². The first-order valence-electron chi connectivity index (χ1n) is 3.67. The molecule has 0 N–H and O–H groups in total. The van der Waals surface area contributed by atoms with Crippen molar-refractivity contribution >= 4 is 22.1 Å². The average molecular weight is 215 g/mol. The van der Waals surface area contributed by atoms with Crippen molar-refractivity contribution in [2.24, 2.45) is 0 Å². The Labute approximate surface area is 81.6 Å². The molecule has 0 saturated carbocycles. The summed E-state index contributed by atoms with van der Waals surface area (Å²) in [5.41, 5.74) is 0.000394. The Kier molecular flexibility index (Phi) is 2.80. The summed E-state index contributed by atoms with van der Waals surface area (Å²) in [6, 6.07) is 0. The molecule has 0 spiro atoms. The Bertz CT molecular complexity index is 443. The maximum absolute atomic E-state index is 11.1. The van der Waals surface area contributed by atoms with E-state index in [1.165, 1.54) is 19.4 Å². The van der Waals surface area contributed by atoms with Crippen LogP contribution in [0.1, 0.15) is 10.5 Å². The molecule has 1 rings (SSSR count). The van der Waals surface area contributed by atoms with E-state index in [1.807, 2.05) is 0 Å². The second-order valence-corrected chi connectivity index (χ2v) is 4.63. The van der Waals surface area contributed by atoms with Gasteiger partial charge < -0.3 is 0 Å². The number of hydrogen-bond acceptors (Lipinski definition) is 5. The fraction of sp³-hybridized carbons (Fsp3) is 0.286. The van der Waals surface area contributed by atoms with Gasteiger partial charge in [0.25, 0.3) is 0 Å². The number of rotatable bonds is 3. The minimum absolute atomic E-state index is 0.000394. The lowest BCUT2D eigenvalue weighted by atomic mass is 10.4. The predicted octanol–water partition coefficient (Wildman–Crippen LogP) is -0.315. The topological polar surface area (TPSA) is 80.2 Å². The van der Waals surface area contributed by atoms with Gasteiger partial charge in [-0.05, 0) is 0 Å². The number of carbonyl (C=O) groups excluding carboxylic acids is 1. The van der Waals surface area contributed by atoms with Gasteiger partial charge >= 0.3 is 0 Å². The van der Waals surface area contributed by atoms with Crippen LogP contribution in [0.25, 0.3) is 0 Å². The van der Waals surface area contributed by atoms with E-state index in [1.54, 1.807) is 0 Å². The van der Waals surface area contributed by atoms with Crippen LogP contribution < -0.4 is 4.31 Å². The average Bonchev–Trinajstić information content (AvgIpc) is 2.15. The predicted molar refractivity (Wildman–Crippen MR) is 50.7 cm³/mol. The van der Waals surface area contributed by atoms with Crippen molar-refractivity contribution in [3.05, 3.63) is 18.1 Å². The third-order valence-corrected chi connectivity index (χ3v) is 2.78. The van der Waals surface area contributed by atoms with Crippen LogP contribution in [0, 0.1) is 0 Å². The lowest BCUT2D eigenvalue weighted by Gasteiger charge is -2.15. The van der Waals surface area contributed by atoms with Crippen molar-refractivity contribution < 1.29 is 13.2 Å². The molecule has 0 aromatic carbocycles. The second kappa shape index (κ2) is 3.70. The van der Waals surface area contributed by atoms with Crippen LogP contribution in [0.2, 0.25) is 0 Å². The lowest BCUT2D eigenvalue weighted by molar-refractivity contribution is 0.111. The summed E-state index contributed by atoms with van der Waals surface area (Å²) >= 11 is 0. The third kappa shape index (κ3) is 2.05. The molecule has 0 bridgehead atoms. The van der Waals surface area contributed by atoms with Crippen molar-refractivity contribution in [1.29, 1.82) is 0 Å².